The second kappa shape index (κ2) is 8.15. The Labute approximate surface area is 153 Å². The molecule has 3 N–H and O–H groups in total. The highest BCUT2D eigenvalue weighted by Gasteiger charge is 2.34. The van der Waals surface area contributed by atoms with Gasteiger partial charge in [-0.15, -0.1) is 0 Å². The highest BCUT2D eigenvalue weighted by molar-refractivity contribution is 5.86. The van der Waals surface area contributed by atoms with Crippen LogP contribution in [0.1, 0.15) is 54.7 Å². The van der Waals surface area contributed by atoms with Gasteiger partial charge in [-0.3, -0.25) is 14.8 Å². The van der Waals surface area contributed by atoms with Crippen LogP contribution in [0.3, 0.4) is 0 Å². The first-order chi connectivity index (χ1) is 12.7. The summed E-state index contributed by atoms with van der Waals surface area (Å²) < 4.78 is 0. The van der Waals surface area contributed by atoms with Crippen molar-refractivity contribution in [2.45, 2.75) is 43.6 Å². The van der Waals surface area contributed by atoms with Gasteiger partial charge in [0.1, 0.15) is 0 Å². The normalized spacial score (nSPS) is 17.1. The Kier molecular flexibility index (Phi) is 5.68. The Hall–Kier alpha value is -2.66. The van der Waals surface area contributed by atoms with E-state index < -0.39 is 11.8 Å². The number of nitrogens with one attached hydrogen (secondary N) is 2. The molecule has 136 valence electrons. The van der Waals surface area contributed by atoms with Gasteiger partial charge in [0, 0.05) is 0 Å². The fourth-order valence-electron chi connectivity index (χ4n) is 4.01. The maximum Gasteiger partial charge on any atom is 0.255 e. The van der Waals surface area contributed by atoms with Crippen molar-refractivity contribution in [1.82, 2.24) is 10.8 Å². The molecule has 1 atom stereocenters. The lowest BCUT2D eigenvalue weighted by Gasteiger charge is -2.38. The van der Waals surface area contributed by atoms with Crippen LogP contribution in [0.25, 0.3) is 0 Å². The summed E-state index contributed by atoms with van der Waals surface area (Å²) in [6.07, 6.45) is 5.83. The summed E-state index contributed by atoms with van der Waals surface area (Å²) >= 11 is 0. The second-order valence-electron chi connectivity index (χ2n) is 6.85. The van der Waals surface area contributed by atoms with Crippen LogP contribution in [-0.2, 0) is 15.1 Å². The summed E-state index contributed by atoms with van der Waals surface area (Å²) in [6.45, 7) is 0. The van der Waals surface area contributed by atoms with Crippen molar-refractivity contribution < 1.29 is 14.8 Å². The monoisotopic (exact) mass is 352 g/mol. The Morgan fingerprint density at radius 1 is 1.00 bits per heavy atom. The van der Waals surface area contributed by atoms with Gasteiger partial charge in [-0.2, -0.15) is 0 Å². The molecule has 0 saturated heterocycles. The first-order valence-electron chi connectivity index (χ1n) is 9.01. The van der Waals surface area contributed by atoms with Crippen LogP contribution in [0, 0.1) is 0 Å². The predicted octanol–water partition coefficient (Wildman–Crippen LogP) is 3.23. The second-order valence-corrected chi connectivity index (χ2v) is 6.85. The van der Waals surface area contributed by atoms with Crippen molar-refractivity contribution in [2.24, 2.45) is 0 Å². The van der Waals surface area contributed by atoms with Gasteiger partial charge in [0.2, 0.25) is 6.41 Å². The fourth-order valence-corrected chi connectivity index (χ4v) is 4.01. The lowest BCUT2D eigenvalue weighted by molar-refractivity contribution is -0.129. The molecule has 0 aliphatic heterocycles. The smallest absolute Gasteiger partial charge is 0.255 e. The van der Waals surface area contributed by atoms with Crippen LogP contribution in [0.15, 0.2) is 54.6 Å². The largest absolute Gasteiger partial charge is 0.349 e. The molecule has 0 heterocycles. The Morgan fingerprint density at radius 2 is 1.69 bits per heavy atom. The zero-order valence-electron chi connectivity index (χ0n) is 14.7. The minimum absolute atomic E-state index is 0.382. The molecule has 1 saturated carbocycles. The van der Waals surface area contributed by atoms with Gasteiger partial charge >= 0.3 is 0 Å². The maximum absolute atomic E-state index is 12.4. The highest BCUT2D eigenvalue weighted by atomic mass is 16.5. The third-order valence-electron chi connectivity index (χ3n) is 5.32. The van der Waals surface area contributed by atoms with Gasteiger partial charge in [-0.1, -0.05) is 73.9 Å². The summed E-state index contributed by atoms with van der Waals surface area (Å²) in [7, 11) is 0. The van der Waals surface area contributed by atoms with Crippen molar-refractivity contribution in [3.8, 4) is 0 Å². The van der Waals surface area contributed by atoms with E-state index in [1.165, 1.54) is 6.42 Å². The van der Waals surface area contributed by atoms with E-state index in [0.717, 1.165) is 48.8 Å². The van der Waals surface area contributed by atoms with Crippen LogP contribution in [0.5, 0.6) is 0 Å². The van der Waals surface area contributed by atoms with Gasteiger partial charge in [0.25, 0.3) is 5.91 Å². The molecule has 5 heteroatoms. The number of rotatable bonds is 6. The molecule has 0 aromatic heterocycles. The Balaban J connectivity index is 2.03. The van der Waals surface area contributed by atoms with Crippen molar-refractivity contribution >= 4 is 12.3 Å². The van der Waals surface area contributed by atoms with Crippen molar-refractivity contribution in [3.05, 3.63) is 71.3 Å². The molecule has 2 aromatic carbocycles. The van der Waals surface area contributed by atoms with E-state index in [-0.39, 0.29) is 5.54 Å². The number of benzene rings is 2. The molecule has 5 nitrogen and oxygen atoms in total. The highest BCUT2D eigenvalue weighted by Crippen LogP contribution is 2.38. The zero-order chi connectivity index (χ0) is 18.4. The Bertz CT molecular complexity index is 755. The SMILES string of the molecule is O=CNC1(c2cccc(C(C(=O)NO)c3ccccc3)c2)CCCCC1. The van der Waals surface area contributed by atoms with Gasteiger partial charge in [0.05, 0.1) is 11.5 Å². The standard InChI is InChI=1S/C21H24N2O3/c24-15-22-21(12-5-2-6-13-21)18-11-7-10-17(14-18)19(20(25)23-26)16-8-3-1-4-9-16/h1,3-4,7-11,14-15,19,26H,2,5-6,12-13H2,(H,22,24)(H,23,25). The minimum Gasteiger partial charge on any atom is -0.349 e. The molecule has 0 spiro atoms. The summed E-state index contributed by atoms with van der Waals surface area (Å²) in [4.78, 5) is 23.6. The molecule has 0 radical (unpaired) electrons. The maximum atomic E-state index is 12.4. The molecular weight excluding hydrogens is 328 g/mol. The van der Waals surface area contributed by atoms with E-state index in [4.69, 9.17) is 0 Å². The number of hydrogen-bond donors (Lipinski definition) is 3. The zero-order valence-corrected chi connectivity index (χ0v) is 14.7. The van der Waals surface area contributed by atoms with Crippen LogP contribution in [-0.4, -0.2) is 17.5 Å². The van der Waals surface area contributed by atoms with Crippen molar-refractivity contribution in [2.75, 3.05) is 0 Å². The molecular formula is C21H24N2O3. The Morgan fingerprint density at radius 3 is 2.35 bits per heavy atom. The van der Waals surface area contributed by atoms with E-state index in [1.807, 2.05) is 54.6 Å². The van der Waals surface area contributed by atoms with Crippen LogP contribution >= 0.6 is 0 Å². The predicted molar refractivity (Wildman–Crippen MR) is 98.6 cm³/mol. The van der Waals surface area contributed by atoms with Gasteiger partial charge in [0.15, 0.2) is 0 Å². The quantitative estimate of drug-likeness (QED) is 0.424. The number of carbonyl (C=O) groups excluding carboxylic acids is 2. The van der Waals surface area contributed by atoms with Crippen LogP contribution in [0.4, 0.5) is 0 Å². The lowest BCUT2D eigenvalue weighted by atomic mass is 9.75. The summed E-state index contributed by atoms with van der Waals surface area (Å²) in [5, 5.41) is 12.3. The van der Waals surface area contributed by atoms with E-state index in [0.29, 0.717) is 0 Å². The van der Waals surface area contributed by atoms with Crippen LogP contribution < -0.4 is 10.8 Å². The minimum atomic E-state index is -0.613. The molecule has 2 aromatic rings. The first kappa shape index (κ1) is 18.1. The summed E-state index contributed by atoms with van der Waals surface area (Å²) in [5.74, 6) is -1.09. The first-order valence-corrected chi connectivity index (χ1v) is 9.01. The average molecular weight is 352 g/mol. The van der Waals surface area contributed by atoms with E-state index in [1.54, 1.807) is 5.48 Å². The number of hydrogen-bond acceptors (Lipinski definition) is 3. The number of carbonyl (C=O) groups is 2. The number of amides is 2. The summed E-state index contributed by atoms with van der Waals surface area (Å²) in [6, 6.07) is 17.1. The van der Waals surface area contributed by atoms with Crippen molar-refractivity contribution in [1.29, 1.82) is 0 Å². The third-order valence-corrected chi connectivity index (χ3v) is 5.32. The van der Waals surface area contributed by atoms with Gasteiger partial charge in [-0.25, -0.2) is 5.48 Å². The van der Waals surface area contributed by atoms with Crippen LogP contribution in [0.2, 0.25) is 0 Å². The molecule has 26 heavy (non-hydrogen) atoms. The molecule has 3 rings (SSSR count). The van der Waals surface area contributed by atoms with Gasteiger partial charge < -0.3 is 5.32 Å². The molecule has 1 aliphatic carbocycles. The average Bonchev–Trinajstić information content (AvgIpc) is 2.70. The molecule has 0 bridgehead atoms. The van der Waals surface area contributed by atoms with Crippen molar-refractivity contribution in [3.63, 3.8) is 0 Å². The molecule has 1 aliphatic rings. The molecule has 1 fully saturated rings. The molecule has 1 unspecified atom stereocenters. The van der Waals surface area contributed by atoms with E-state index in [2.05, 4.69) is 5.32 Å². The topological polar surface area (TPSA) is 78.4 Å². The van der Waals surface area contributed by atoms with E-state index in [9.17, 15) is 14.8 Å². The third kappa shape index (κ3) is 3.63. The van der Waals surface area contributed by atoms with E-state index >= 15 is 0 Å². The number of hydroxylamine groups is 1. The fraction of sp³-hybridized carbons (Fsp3) is 0.333. The van der Waals surface area contributed by atoms with Gasteiger partial charge in [-0.05, 0) is 29.5 Å². The summed E-state index contributed by atoms with van der Waals surface area (Å²) in [5.41, 5.74) is 4.00. The lowest BCUT2D eigenvalue weighted by Crippen LogP contribution is -2.43. The molecule has 2 amide bonds.